The summed E-state index contributed by atoms with van der Waals surface area (Å²) in [4.78, 5) is 14.7. The molecule has 0 amide bonds. The maximum atomic E-state index is 11.2. The fourth-order valence-electron chi connectivity index (χ4n) is 2.33. The van der Waals surface area contributed by atoms with Crippen molar-refractivity contribution < 1.29 is 9.66 Å². The van der Waals surface area contributed by atoms with Gasteiger partial charge in [-0.05, 0) is 32.6 Å². The Balaban J connectivity index is 2.22. The van der Waals surface area contributed by atoms with Crippen LogP contribution in [0.25, 0.3) is 0 Å². The normalized spacial score (nSPS) is 16.1. The molecule has 1 aromatic rings. The predicted molar refractivity (Wildman–Crippen MR) is 77.4 cm³/mol. The van der Waals surface area contributed by atoms with Gasteiger partial charge in [0.15, 0.2) is 0 Å². The molecule has 1 fully saturated rings. The molecule has 2 heterocycles. The molecule has 0 saturated carbocycles. The van der Waals surface area contributed by atoms with Crippen LogP contribution in [0.15, 0.2) is 0 Å². The Labute approximate surface area is 122 Å². The monoisotopic (exact) mass is 299 g/mol. The molecule has 1 aromatic heterocycles. The van der Waals surface area contributed by atoms with Gasteiger partial charge in [-0.25, -0.2) is 4.98 Å². The van der Waals surface area contributed by atoms with Crippen LogP contribution < -0.4 is 5.32 Å². The van der Waals surface area contributed by atoms with Crippen molar-refractivity contribution in [2.24, 2.45) is 5.92 Å². The first-order valence-electron chi connectivity index (χ1n) is 6.63. The summed E-state index contributed by atoms with van der Waals surface area (Å²) in [5, 5.41) is 14.3. The van der Waals surface area contributed by atoms with Crippen molar-refractivity contribution in [2.45, 2.75) is 26.7 Å². The molecule has 20 heavy (non-hydrogen) atoms. The van der Waals surface area contributed by atoms with Crippen LogP contribution in [0.1, 0.15) is 24.1 Å². The lowest BCUT2D eigenvalue weighted by atomic mass is 10.00. The second kappa shape index (κ2) is 6.37. The summed E-state index contributed by atoms with van der Waals surface area (Å²) in [6, 6.07) is 0. The van der Waals surface area contributed by atoms with Crippen molar-refractivity contribution in [3.8, 4) is 0 Å². The molecule has 0 radical (unpaired) electrons. The van der Waals surface area contributed by atoms with Gasteiger partial charge in [-0.3, -0.25) is 10.1 Å². The molecule has 1 aliphatic rings. The first-order valence-corrected chi connectivity index (χ1v) is 7.01. The van der Waals surface area contributed by atoms with Crippen LogP contribution in [0.4, 0.5) is 11.4 Å². The van der Waals surface area contributed by atoms with Crippen molar-refractivity contribution in [3.05, 3.63) is 26.5 Å². The van der Waals surface area contributed by atoms with Crippen LogP contribution in [0, 0.1) is 29.9 Å². The summed E-state index contributed by atoms with van der Waals surface area (Å²) in [5.41, 5.74) is 1.82. The van der Waals surface area contributed by atoms with Gasteiger partial charge in [0.2, 0.25) is 5.15 Å². The summed E-state index contributed by atoms with van der Waals surface area (Å²) in [6.45, 7) is 5.81. The number of pyridine rings is 1. The first kappa shape index (κ1) is 15.0. The average Bonchev–Trinajstić information content (AvgIpc) is 2.41. The zero-order valence-electron chi connectivity index (χ0n) is 11.6. The Morgan fingerprint density at radius 1 is 1.45 bits per heavy atom. The van der Waals surface area contributed by atoms with Gasteiger partial charge in [0.25, 0.3) is 0 Å². The minimum Gasteiger partial charge on any atom is -0.381 e. The number of hydrogen-bond acceptors (Lipinski definition) is 5. The number of anilines is 1. The van der Waals surface area contributed by atoms with Crippen LogP contribution in [-0.2, 0) is 4.74 Å². The van der Waals surface area contributed by atoms with Crippen molar-refractivity contribution in [1.82, 2.24) is 4.98 Å². The topological polar surface area (TPSA) is 77.3 Å². The molecule has 0 aromatic carbocycles. The molecule has 1 N–H and O–H groups in total. The van der Waals surface area contributed by atoms with E-state index >= 15 is 0 Å². The van der Waals surface area contributed by atoms with Gasteiger partial charge in [0.05, 0.1) is 4.92 Å². The molecule has 2 rings (SSSR count). The van der Waals surface area contributed by atoms with Gasteiger partial charge >= 0.3 is 5.69 Å². The van der Waals surface area contributed by atoms with Gasteiger partial charge in [-0.1, -0.05) is 11.6 Å². The molecule has 0 unspecified atom stereocenters. The highest BCUT2D eigenvalue weighted by Gasteiger charge is 2.25. The highest BCUT2D eigenvalue weighted by molar-refractivity contribution is 6.32. The highest BCUT2D eigenvalue weighted by Crippen LogP contribution is 2.35. The minimum absolute atomic E-state index is 0.0624. The largest absolute Gasteiger partial charge is 0.381 e. The number of ether oxygens (including phenoxy) is 1. The van der Waals surface area contributed by atoms with Crippen molar-refractivity contribution in [2.75, 3.05) is 25.1 Å². The molecule has 0 spiro atoms. The Bertz CT molecular complexity index is 516. The number of hydrogen-bond donors (Lipinski definition) is 1. The molecule has 110 valence electrons. The van der Waals surface area contributed by atoms with Gasteiger partial charge in [0, 0.05) is 31.0 Å². The number of nitrogens with zero attached hydrogens (tertiary/aromatic N) is 2. The maximum absolute atomic E-state index is 11.2. The van der Waals surface area contributed by atoms with Crippen molar-refractivity contribution in [3.63, 3.8) is 0 Å². The van der Waals surface area contributed by atoms with Crippen LogP contribution in [0.5, 0.6) is 0 Å². The standard InChI is InChI=1S/C13H18ClN3O3/c1-8-9(2)16-13(14)12(17(18)19)11(8)15-7-10-3-5-20-6-4-10/h10H,3-7H2,1-2H3,(H,15,16). The van der Waals surface area contributed by atoms with Gasteiger partial charge in [-0.2, -0.15) is 0 Å². The van der Waals surface area contributed by atoms with E-state index in [-0.39, 0.29) is 10.8 Å². The Morgan fingerprint density at radius 3 is 2.70 bits per heavy atom. The lowest BCUT2D eigenvalue weighted by Crippen LogP contribution is -2.23. The molecule has 0 aliphatic carbocycles. The van der Waals surface area contributed by atoms with E-state index < -0.39 is 4.92 Å². The van der Waals surface area contributed by atoms with E-state index in [1.54, 1.807) is 6.92 Å². The van der Waals surface area contributed by atoms with E-state index in [4.69, 9.17) is 16.3 Å². The predicted octanol–water partition coefficient (Wildman–Crippen LogP) is 3.10. The second-order valence-electron chi connectivity index (χ2n) is 5.03. The van der Waals surface area contributed by atoms with E-state index in [0.29, 0.717) is 23.8 Å². The molecule has 6 nitrogen and oxygen atoms in total. The Morgan fingerprint density at radius 2 is 2.10 bits per heavy atom. The summed E-state index contributed by atoms with van der Waals surface area (Å²) >= 11 is 5.91. The van der Waals surface area contributed by atoms with Gasteiger partial charge in [0.1, 0.15) is 5.69 Å². The third-order valence-electron chi connectivity index (χ3n) is 3.71. The van der Waals surface area contributed by atoms with E-state index in [9.17, 15) is 10.1 Å². The number of aromatic nitrogens is 1. The Kier molecular flexibility index (Phi) is 4.77. The zero-order chi connectivity index (χ0) is 14.7. The average molecular weight is 300 g/mol. The number of nitrogens with one attached hydrogen (secondary N) is 1. The minimum atomic E-state index is -0.478. The summed E-state index contributed by atoms with van der Waals surface area (Å²) in [6.07, 6.45) is 1.94. The summed E-state index contributed by atoms with van der Waals surface area (Å²) in [5.74, 6) is 0.468. The molecule has 7 heteroatoms. The maximum Gasteiger partial charge on any atom is 0.329 e. The van der Waals surface area contributed by atoms with E-state index in [1.165, 1.54) is 0 Å². The molecule has 1 saturated heterocycles. The second-order valence-corrected chi connectivity index (χ2v) is 5.39. The van der Waals surface area contributed by atoms with Crippen LogP contribution >= 0.6 is 11.6 Å². The van der Waals surface area contributed by atoms with Gasteiger partial charge < -0.3 is 10.1 Å². The molecular weight excluding hydrogens is 282 g/mol. The summed E-state index contributed by atoms with van der Waals surface area (Å²) in [7, 11) is 0. The third kappa shape index (κ3) is 3.19. The van der Waals surface area contributed by atoms with E-state index in [0.717, 1.165) is 31.6 Å². The zero-order valence-corrected chi connectivity index (χ0v) is 12.4. The molecular formula is C13H18ClN3O3. The van der Waals surface area contributed by atoms with Crippen molar-refractivity contribution in [1.29, 1.82) is 0 Å². The van der Waals surface area contributed by atoms with E-state index in [1.807, 2.05) is 6.92 Å². The van der Waals surface area contributed by atoms with Crippen molar-refractivity contribution >= 4 is 23.0 Å². The Hall–Kier alpha value is -1.40. The first-order chi connectivity index (χ1) is 9.50. The third-order valence-corrected chi connectivity index (χ3v) is 3.97. The molecule has 1 aliphatic heterocycles. The lowest BCUT2D eigenvalue weighted by Gasteiger charge is -2.23. The molecule has 0 atom stereocenters. The highest BCUT2D eigenvalue weighted by atomic mass is 35.5. The fourth-order valence-corrected chi connectivity index (χ4v) is 2.62. The number of aryl methyl sites for hydroxylation is 1. The molecule has 0 bridgehead atoms. The van der Waals surface area contributed by atoms with Gasteiger partial charge in [-0.15, -0.1) is 0 Å². The van der Waals surface area contributed by atoms with Crippen LogP contribution in [0.2, 0.25) is 5.15 Å². The number of rotatable bonds is 4. The van der Waals surface area contributed by atoms with E-state index in [2.05, 4.69) is 10.3 Å². The smallest absolute Gasteiger partial charge is 0.329 e. The number of nitro groups is 1. The quantitative estimate of drug-likeness (QED) is 0.525. The summed E-state index contributed by atoms with van der Waals surface area (Å²) < 4.78 is 5.31. The number of halogens is 1. The fraction of sp³-hybridized carbons (Fsp3) is 0.615. The lowest BCUT2D eigenvalue weighted by molar-refractivity contribution is -0.384. The van der Waals surface area contributed by atoms with Crippen LogP contribution in [0.3, 0.4) is 0 Å². The SMILES string of the molecule is Cc1nc(Cl)c([N+](=O)[O-])c(NCC2CCOCC2)c1C. The van der Waals surface area contributed by atoms with Crippen LogP contribution in [-0.4, -0.2) is 29.7 Å².